The molecule has 0 fully saturated rings. The van der Waals surface area contributed by atoms with Gasteiger partial charge in [-0.15, -0.1) is 0 Å². The second-order valence-electron chi connectivity index (χ2n) is 2.41. The van der Waals surface area contributed by atoms with E-state index in [0.29, 0.717) is 6.07 Å². The third kappa shape index (κ3) is 2.35. The molecule has 0 saturated heterocycles. The minimum Gasteiger partial charge on any atom is -0.258 e. The summed E-state index contributed by atoms with van der Waals surface area (Å²) in [5, 5.41) is 18.9. The molecule has 0 atom stereocenters. The van der Waals surface area contributed by atoms with Gasteiger partial charge in [0, 0.05) is 6.07 Å². The van der Waals surface area contributed by atoms with Gasteiger partial charge in [-0.2, -0.15) is 5.26 Å². The van der Waals surface area contributed by atoms with Gasteiger partial charge in [0.15, 0.2) is 9.39 Å². The molecule has 0 amide bonds. The van der Waals surface area contributed by atoms with Gasteiger partial charge in [-0.05, 0) is 22.6 Å². The molecule has 1 heterocycles. The molecule has 78 valence electrons. The maximum absolute atomic E-state index is 12.4. The van der Waals surface area contributed by atoms with E-state index in [1.807, 2.05) is 0 Å². The van der Waals surface area contributed by atoms with E-state index in [4.69, 9.17) is 5.26 Å². The number of hydrogen-bond acceptors (Lipinski definition) is 4. The lowest BCUT2D eigenvalue weighted by Crippen LogP contribution is -2.01. The molecule has 0 saturated carbocycles. The zero-order valence-corrected chi connectivity index (χ0v) is 9.10. The summed E-state index contributed by atoms with van der Waals surface area (Å²) in [5.74, 6) is 0. The van der Waals surface area contributed by atoms with Gasteiger partial charge in [0.05, 0.1) is 10.5 Å². The average molecular weight is 325 g/mol. The van der Waals surface area contributed by atoms with Gasteiger partial charge in [-0.1, -0.05) is 0 Å². The van der Waals surface area contributed by atoms with E-state index >= 15 is 0 Å². The number of nitrogens with zero attached hydrogens (tertiary/aromatic N) is 3. The Kier molecular flexibility index (Phi) is 3.46. The van der Waals surface area contributed by atoms with E-state index in [9.17, 15) is 18.9 Å². The molecule has 0 N–H and O–H groups in total. The number of hydrogen-bond donors (Lipinski definition) is 0. The number of nitriles is 1. The molecule has 0 aliphatic heterocycles. The molecule has 0 spiro atoms. The fourth-order valence-corrected chi connectivity index (χ4v) is 1.47. The van der Waals surface area contributed by atoms with E-state index < -0.39 is 28.3 Å². The highest BCUT2D eigenvalue weighted by Gasteiger charge is 2.22. The van der Waals surface area contributed by atoms with E-state index in [-0.39, 0.29) is 3.70 Å². The van der Waals surface area contributed by atoms with Crippen LogP contribution in [-0.2, 0) is 0 Å². The number of halogens is 3. The lowest BCUT2D eigenvalue weighted by molar-refractivity contribution is -0.386. The summed E-state index contributed by atoms with van der Waals surface area (Å²) in [5.41, 5.74) is -1.73. The zero-order chi connectivity index (χ0) is 11.6. The summed E-state index contributed by atoms with van der Waals surface area (Å²) in [6.07, 6.45) is -2.96. The maximum atomic E-state index is 12.4. The number of aromatic nitrogens is 1. The van der Waals surface area contributed by atoms with Crippen LogP contribution in [0.5, 0.6) is 0 Å². The van der Waals surface area contributed by atoms with Crippen LogP contribution in [0, 0.1) is 25.1 Å². The van der Waals surface area contributed by atoms with Crippen LogP contribution in [0.3, 0.4) is 0 Å². The van der Waals surface area contributed by atoms with Gasteiger partial charge in [-0.25, -0.2) is 13.8 Å². The molecule has 8 heteroatoms. The van der Waals surface area contributed by atoms with E-state index in [0.717, 1.165) is 0 Å². The fraction of sp³-hybridized carbons (Fsp3) is 0.143. The van der Waals surface area contributed by atoms with Crippen molar-refractivity contribution in [2.75, 3.05) is 0 Å². The van der Waals surface area contributed by atoms with E-state index in [1.165, 1.54) is 28.7 Å². The first-order valence-corrected chi connectivity index (χ1v) is 4.58. The van der Waals surface area contributed by atoms with Crippen LogP contribution in [0.25, 0.3) is 0 Å². The first-order chi connectivity index (χ1) is 6.97. The van der Waals surface area contributed by atoms with Crippen molar-refractivity contribution in [2.45, 2.75) is 6.43 Å². The first kappa shape index (κ1) is 11.7. The predicted molar refractivity (Wildman–Crippen MR) is 53.3 cm³/mol. The molecule has 1 aromatic heterocycles. The monoisotopic (exact) mass is 325 g/mol. The number of rotatable bonds is 2. The average Bonchev–Trinajstić information content (AvgIpc) is 2.16. The quantitative estimate of drug-likeness (QED) is 0.362. The van der Waals surface area contributed by atoms with Crippen molar-refractivity contribution in [2.24, 2.45) is 0 Å². The summed E-state index contributed by atoms with van der Waals surface area (Å²) in [4.78, 5) is 13.0. The molecule has 0 unspecified atom stereocenters. The van der Waals surface area contributed by atoms with Gasteiger partial charge < -0.3 is 0 Å². The molecule has 15 heavy (non-hydrogen) atoms. The third-order valence-electron chi connectivity index (χ3n) is 1.52. The maximum Gasteiger partial charge on any atom is 0.301 e. The standard InChI is InChI=1S/C7H2F2IN3O2/c8-6(9)3-1-5(13(14)15)7(10)12-4(3)2-11/h1,6H. The second kappa shape index (κ2) is 4.43. The van der Waals surface area contributed by atoms with Crippen molar-refractivity contribution in [1.29, 1.82) is 5.26 Å². The third-order valence-corrected chi connectivity index (χ3v) is 2.32. The molecular formula is C7H2F2IN3O2. The highest BCUT2D eigenvalue weighted by atomic mass is 127. The molecule has 1 aromatic rings. The summed E-state index contributed by atoms with van der Waals surface area (Å²) in [6.45, 7) is 0. The Labute approximate surface area is 96.0 Å². The minimum atomic E-state index is -2.96. The van der Waals surface area contributed by atoms with Gasteiger partial charge in [0.2, 0.25) is 0 Å². The highest BCUT2D eigenvalue weighted by Crippen LogP contribution is 2.28. The lowest BCUT2D eigenvalue weighted by atomic mass is 10.2. The summed E-state index contributed by atoms with van der Waals surface area (Å²) >= 11 is 1.52. The highest BCUT2D eigenvalue weighted by molar-refractivity contribution is 14.1. The minimum absolute atomic E-state index is 0.0847. The van der Waals surface area contributed by atoms with Crippen molar-refractivity contribution in [3.05, 3.63) is 31.1 Å². The smallest absolute Gasteiger partial charge is 0.258 e. The second-order valence-corrected chi connectivity index (χ2v) is 3.43. The van der Waals surface area contributed by atoms with Crippen LogP contribution >= 0.6 is 22.6 Å². The van der Waals surface area contributed by atoms with Crippen LogP contribution in [0.2, 0.25) is 0 Å². The Balaban J connectivity index is 3.45. The van der Waals surface area contributed by atoms with Crippen LogP contribution in [-0.4, -0.2) is 9.91 Å². The van der Waals surface area contributed by atoms with Crippen LogP contribution in [0.1, 0.15) is 17.7 Å². The summed E-state index contributed by atoms with van der Waals surface area (Å²) < 4.78 is 24.7. The summed E-state index contributed by atoms with van der Waals surface area (Å²) in [7, 11) is 0. The lowest BCUT2D eigenvalue weighted by Gasteiger charge is -2.02. The molecule has 0 aliphatic carbocycles. The topological polar surface area (TPSA) is 79.8 Å². The molecule has 0 radical (unpaired) electrons. The Hall–Kier alpha value is -1.37. The Morgan fingerprint density at radius 2 is 2.27 bits per heavy atom. The van der Waals surface area contributed by atoms with Crippen molar-refractivity contribution in [1.82, 2.24) is 4.98 Å². The SMILES string of the molecule is N#Cc1nc(I)c([N+](=O)[O-])cc1C(F)F. The first-order valence-electron chi connectivity index (χ1n) is 3.50. The molecule has 0 bridgehead atoms. The number of alkyl halides is 2. The van der Waals surface area contributed by atoms with Crippen molar-refractivity contribution in [3.63, 3.8) is 0 Å². The van der Waals surface area contributed by atoms with Crippen LogP contribution in [0.15, 0.2) is 6.07 Å². The molecule has 0 aliphatic rings. The molecular weight excluding hydrogens is 323 g/mol. The number of nitro groups is 1. The fourth-order valence-electron chi connectivity index (χ4n) is 0.879. The summed E-state index contributed by atoms with van der Waals surface area (Å²) in [6, 6.07) is 2.14. The van der Waals surface area contributed by atoms with E-state index in [1.54, 1.807) is 0 Å². The zero-order valence-electron chi connectivity index (χ0n) is 6.95. The Bertz CT molecular complexity index is 458. The largest absolute Gasteiger partial charge is 0.301 e. The van der Waals surface area contributed by atoms with Crippen molar-refractivity contribution < 1.29 is 13.7 Å². The molecule has 0 aromatic carbocycles. The molecule has 5 nitrogen and oxygen atoms in total. The normalized spacial score (nSPS) is 10.1. The predicted octanol–water partition coefficient (Wildman–Crippen LogP) is 2.40. The van der Waals surface area contributed by atoms with E-state index in [2.05, 4.69) is 4.98 Å². The van der Waals surface area contributed by atoms with Gasteiger partial charge >= 0.3 is 5.69 Å². The Morgan fingerprint density at radius 1 is 1.67 bits per heavy atom. The van der Waals surface area contributed by atoms with Crippen molar-refractivity contribution >= 4 is 28.3 Å². The van der Waals surface area contributed by atoms with Crippen molar-refractivity contribution in [3.8, 4) is 6.07 Å². The van der Waals surface area contributed by atoms with Crippen LogP contribution < -0.4 is 0 Å². The number of pyridine rings is 1. The van der Waals surface area contributed by atoms with Gasteiger partial charge in [0.1, 0.15) is 6.07 Å². The molecule has 1 rings (SSSR count). The van der Waals surface area contributed by atoms with Crippen LogP contribution in [0.4, 0.5) is 14.5 Å². The van der Waals surface area contributed by atoms with Gasteiger partial charge in [-0.3, -0.25) is 10.1 Å². The van der Waals surface area contributed by atoms with Gasteiger partial charge in [0.25, 0.3) is 6.43 Å². The Morgan fingerprint density at radius 3 is 2.67 bits per heavy atom.